The van der Waals surface area contributed by atoms with Crippen LogP contribution in [0, 0.1) is 5.82 Å². The van der Waals surface area contributed by atoms with E-state index in [-0.39, 0.29) is 11.4 Å². The number of rotatable bonds is 7. The summed E-state index contributed by atoms with van der Waals surface area (Å²) in [5, 5.41) is 7.20. The van der Waals surface area contributed by atoms with Crippen LogP contribution in [0.2, 0.25) is 0 Å². The number of para-hydroxylation sites is 2. The fourth-order valence-electron chi connectivity index (χ4n) is 4.60. The molecule has 0 radical (unpaired) electrons. The molecule has 0 saturated carbocycles. The molecular weight excluding hydrogens is 415 g/mol. The average Bonchev–Trinajstić information content (AvgIpc) is 2.77. The topological polar surface area (TPSA) is 42.5 Å². The van der Waals surface area contributed by atoms with Crippen molar-refractivity contribution in [1.29, 1.82) is 0 Å². The summed E-state index contributed by atoms with van der Waals surface area (Å²) >= 11 is 0. The van der Waals surface area contributed by atoms with Crippen LogP contribution < -0.4 is 20.1 Å². The number of halogens is 1. The second kappa shape index (κ2) is 9.18. The van der Waals surface area contributed by atoms with Crippen molar-refractivity contribution in [2.75, 3.05) is 24.4 Å². The lowest BCUT2D eigenvalue weighted by Crippen LogP contribution is -2.32. The summed E-state index contributed by atoms with van der Waals surface area (Å²) in [5.41, 5.74) is 7.19. The van der Waals surface area contributed by atoms with E-state index in [1.54, 1.807) is 13.2 Å². The summed E-state index contributed by atoms with van der Waals surface area (Å²) in [6.45, 7) is 9.60. The van der Waals surface area contributed by atoms with Crippen molar-refractivity contribution in [2.45, 2.75) is 39.8 Å². The summed E-state index contributed by atoms with van der Waals surface area (Å²) in [5.74, 6) is 1.01. The van der Waals surface area contributed by atoms with Gasteiger partial charge in [-0.3, -0.25) is 0 Å². The van der Waals surface area contributed by atoms with E-state index in [0.29, 0.717) is 18.9 Å². The molecule has 0 aromatic heterocycles. The number of benzene rings is 3. The van der Waals surface area contributed by atoms with Gasteiger partial charge in [0.05, 0.1) is 24.9 Å². The molecule has 5 heteroatoms. The number of fused-ring (bicyclic) bond motifs is 1. The Labute approximate surface area is 195 Å². The van der Waals surface area contributed by atoms with Gasteiger partial charge in [0.1, 0.15) is 17.3 Å². The predicted octanol–water partition coefficient (Wildman–Crippen LogP) is 7.12. The van der Waals surface area contributed by atoms with Gasteiger partial charge < -0.3 is 20.1 Å². The molecule has 1 heterocycles. The van der Waals surface area contributed by atoms with Crippen LogP contribution in [-0.4, -0.2) is 19.3 Å². The van der Waals surface area contributed by atoms with Gasteiger partial charge in [0.25, 0.3) is 0 Å². The SMILES string of the molecule is CCOc1ccccc1NCc1c(-c2ccc(F)cc2OC)ccc2c1C(C)=CC(C)(C)N2. The molecule has 4 rings (SSSR count). The van der Waals surface area contributed by atoms with Crippen molar-refractivity contribution in [2.24, 2.45) is 0 Å². The Balaban J connectivity index is 1.85. The Hall–Kier alpha value is -3.47. The van der Waals surface area contributed by atoms with Crippen LogP contribution in [0.25, 0.3) is 16.7 Å². The molecule has 0 atom stereocenters. The number of nitrogens with one attached hydrogen (secondary N) is 2. The first-order chi connectivity index (χ1) is 15.8. The molecule has 0 aliphatic carbocycles. The first-order valence-electron chi connectivity index (χ1n) is 11.3. The maximum absolute atomic E-state index is 13.9. The summed E-state index contributed by atoms with van der Waals surface area (Å²) in [6.07, 6.45) is 2.25. The predicted molar refractivity (Wildman–Crippen MR) is 135 cm³/mol. The number of hydrogen-bond donors (Lipinski definition) is 2. The standard InChI is InChI=1S/C28H31FN2O2/c1-6-33-25-10-8-7-9-23(25)30-17-22-20(21-12-11-19(29)15-26(21)32-5)13-14-24-27(22)18(2)16-28(3,4)31-24/h7-16,30-31H,6,17H2,1-5H3. The molecule has 4 nitrogen and oxygen atoms in total. The fraction of sp³-hybridized carbons (Fsp3) is 0.286. The number of allylic oxidation sites excluding steroid dienone is 1. The van der Waals surface area contributed by atoms with Crippen molar-refractivity contribution in [3.05, 3.63) is 77.6 Å². The van der Waals surface area contributed by atoms with Gasteiger partial charge in [0.2, 0.25) is 0 Å². The molecule has 0 spiro atoms. The van der Waals surface area contributed by atoms with Crippen LogP contribution in [0.5, 0.6) is 11.5 Å². The molecule has 0 bridgehead atoms. The maximum atomic E-state index is 13.9. The molecule has 0 amide bonds. The summed E-state index contributed by atoms with van der Waals surface area (Å²) < 4.78 is 25.3. The third-order valence-electron chi connectivity index (χ3n) is 5.84. The van der Waals surface area contributed by atoms with Gasteiger partial charge in [-0.15, -0.1) is 0 Å². The zero-order chi connectivity index (χ0) is 23.6. The second-order valence-corrected chi connectivity index (χ2v) is 8.82. The highest BCUT2D eigenvalue weighted by molar-refractivity contribution is 5.88. The Morgan fingerprint density at radius 1 is 1.00 bits per heavy atom. The molecule has 3 aromatic carbocycles. The minimum atomic E-state index is -0.321. The van der Waals surface area contributed by atoms with Crippen molar-refractivity contribution >= 4 is 16.9 Å². The van der Waals surface area contributed by atoms with Gasteiger partial charge in [0, 0.05) is 29.4 Å². The summed E-state index contributed by atoms with van der Waals surface area (Å²) in [6, 6.07) is 16.8. The van der Waals surface area contributed by atoms with Gasteiger partial charge in [-0.1, -0.05) is 24.3 Å². The Morgan fingerprint density at radius 3 is 2.52 bits per heavy atom. The normalized spacial score (nSPS) is 14.1. The molecule has 33 heavy (non-hydrogen) atoms. The summed E-state index contributed by atoms with van der Waals surface area (Å²) in [4.78, 5) is 0. The average molecular weight is 447 g/mol. The highest BCUT2D eigenvalue weighted by Gasteiger charge is 2.26. The highest BCUT2D eigenvalue weighted by Crippen LogP contribution is 2.43. The van der Waals surface area contributed by atoms with Crippen molar-refractivity contribution < 1.29 is 13.9 Å². The molecule has 172 valence electrons. The molecule has 1 aliphatic rings. The second-order valence-electron chi connectivity index (χ2n) is 8.82. The summed E-state index contributed by atoms with van der Waals surface area (Å²) in [7, 11) is 1.57. The van der Waals surface area contributed by atoms with Crippen LogP contribution in [-0.2, 0) is 6.54 Å². The van der Waals surface area contributed by atoms with E-state index < -0.39 is 0 Å². The van der Waals surface area contributed by atoms with E-state index in [9.17, 15) is 4.39 Å². The quantitative estimate of drug-likeness (QED) is 0.405. The minimum absolute atomic E-state index is 0.140. The molecule has 3 aromatic rings. The van der Waals surface area contributed by atoms with Crippen LogP contribution in [0.4, 0.5) is 15.8 Å². The maximum Gasteiger partial charge on any atom is 0.142 e. The van der Waals surface area contributed by atoms with Crippen LogP contribution in [0.3, 0.4) is 0 Å². The number of anilines is 2. The van der Waals surface area contributed by atoms with E-state index in [1.165, 1.54) is 17.7 Å². The lowest BCUT2D eigenvalue weighted by atomic mass is 9.85. The third kappa shape index (κ3) is 4.68. The third-order valence-corrected chi connectivity index (χ3v) is 5.84. The first-order valence-corrected chi connectivity index (χ1v) is 11.3. The van der Waals surface area contributed by atoms with Crippen molar-refractivity contribution in [1.82, 2.24) is 0 Å². The monoisotopic (exact) mass is 446 g/mol. The van der Waals surface area contributed by atoms with E-state index in [0.717, 1.165) is 39.4 Å². The molecule has 0 saturated heterocycles. The van der Waals surface area contributed by atoms with E-state index in [1.807, 2.05) is 31.2 Å². The zero-order valence-electron chi connectivity index (χ0n) is 19.9. The van der Waals surface area contributed by atoms with Gasteiger partial charge >= 0.3 is 0 Å². The molecular formula is C28H31FN2O2. The molecule has 2 N–H and O–H groups in total. The van der Waals surface area contributed by atoms with Crippen molar-refractivity contribution in [3.8, 4) is 22.6 Å². The van der Waals surface area contributed by atoms with E-state index >= 15 is 0 Å². The first kappa shape index (κ1) is 22.7. The van der Waals surface area contributed by atoms with Gasteiger partial charge in [0.15, 0.2) is 0 Å². The number of hydrogen-bond acceptors (Lipinski definition) is 4. The lowest BCUT2D eigenvalue weighted by molar-refractivity contribution is 0.341. The van der Waals surface area contributed by atoms with Crippen molar-refractivity contribution in [3.63, 3.8) is 0 Å². The van der Waals surface area contributed by atoms with Crippen LogP contribution in [0.15, 0.2) is 60.7 Å². The Kier molecular flexibility index (Phi) is 6.32. The van der Waals surface area contributed by atoms with Gasteiger partial charge in [-0.25, -0.2) is 4.39 Å². The van der Waals surface area contributed by atoms with Gasteiger partial charge in [-0.2, -0.15) is 0 Å². The zero-order valence-corrected chi connectivity index (χ0v) is 19.9. The Morgan fingerprint density at radius 2 is 1.76 bits per heavy atom. The number of methoxy groups -OCH3 is 1. The lowest BCUT2D eigenvalue weighted by Gasteiger charge is -2.33. The minimum Gasteiger partial charge on any atom is -0.496 e. The largest absolute Gasteiger partial charge is 0.496 e. The smallest absolute Gasteiger partial charge is 0.142 e. The molecule has 0 unspecified atom stereocenters. The molecule has 0 fully saturated rings. The van der Waals surface area contributed by atoms with Crippen LogP contribution >= 0.6 is 0 Å². The Bertz CT molecular complexity index is 1200. The fourth-order valence-corrected chi connectivity index (χ4v) is 4.60. The van der Waals surface area contributed by atoms with E-state index in [2.05, 4.69) is 49.6 Å². The highest BCUT2D eigenvalue weighted by atomic mass is 19.1. The van der Waals surface area contributed by atoms with E-state index in [4.69, 9.17) is 9.47 Å². The van der Waals surface area contributed by atoms with Gasteiger partial charge in [-0.05, 0) is 74.7 Å². The van der Waals surface area contributed by atoms with Crippen LogP contribution in [0.1, 0.15) is 38.8 Å². The number of ether oxygens (including phenoxy) is 2. The molecule has 1 aliphatic heterocycles.